The van der Waals surface area contributed by atoms with Crippen molar-refractivity contribution in [2.45, 2.75) is 6.92 Å². The summed E-state index contributed by atoms with van der Waals surface area (Å²) in [7, 11) is 0. The van der Waals surface area contributed by atoms with Gasteiger partial charge in [0.15, 0.2) is 0 Å². The molecule has 3 aromatic carbocycles. The molecule has 3 rings (SSSR count). The summed E-state index contributed by atoms with van der Waals surface area (Å²) in [6, 6.07) is 17.9. The summed E-state index contributed by atoms with van der Waals surface area (Å²) in [5.41, 5.74) is 3.54. The Kier molecular flexibility index (Phi) is 6.70. The Labute approximate surface area is 188 Å². The Hall–Kier alpha value is -0.385. The number of rotatable bonds is 2. The van der Waals surface area contributed by atoms with E-state index in [1.54, 1.807) is 36.4 Å². The van der Waals surface area contributed by atoms with Gasteiger partial charge < -0.3 is 0 Å². The fourth-order valence-electron chi connectivity index (χ4n) is 2.36. The largest absolute Gasteiger partial charge is 1.00 e. The van der Waals surface area contributed by atoms with Gasteiger partial charge in [0.1, 0.15) is 5.82 Å². The Morgan fingerprint density at radius 1 is 0.870 bits per heavy atom. The molecule has 23 heavy (non-hydrogen) atoms. The van der Waals surface area contributed by atoms with Crippen molar-refractivity contribution in [1.82, 2.24) is 0 Å². The zero-order valence-electron chi connectivity index (χ0n) is 12.8. The maximum Gasteiger partial charge on any atom is 1.00 e. The van der Waals surface area contributed by atoms with E-state index >= 15 is 0 Å². The Morgan fingerprint density at radius 2 is 1.48 bits per heavy atom. The summed E-state index contributed by atoms with van der Waals surface area (Å²) >= 11 is 5.96. The number of benzene rings is 3. The third-order valence-electron chi connectivity index (χ3n) is 3.52. The van der Waals surface area contributed by atoms with Crippen molar-refractivity contribution in [2.24, 2.45) is 0 Å². The summed E-state index contributed by atoms with van der Waals surface area (Å²) in [5, 5.41) is 0.0387. The molecule has 0 aliphatic carbocycles. The number of hydrogen-bond donors (Lipinski definition) is 0. The van der Waals surface area contributed by atoms with Crippen LogP contribution in [0.1, 0.15) is 5.56 Å². The molecule has 0 bridgehead atoms. The SMILES string of the molecule is Cc1ccc(-c2ccc(-c3cc[c-]c(F)c3Cl)cc2)c(F)c1.[Rb+]. The monoisotopic (exact) mass is 398 g/mol. The van der Waals surface area contributed by atoms with Crippen molar-refractivity contribution in [3.8, 4) is 22.3 Å². The molecule has 0 saturated carbocycles. The summed E-state index contributed by atoms with van der Waals surface area (Å²) in [6.45, 7) is 1.85. The molecule has 0 nitrogen and oxygen atoms in total. The van der Waals surface area contributed by atoms with Crippen LogP contribution in [0.4, 0.5) is 8.78 Å². The smallest absolute Gasteiger partial charge is 0.235 e. The van der Waals surface area contributed by atoms with Crippen LogP contribution in [0.15, 0.2) is 54.6 Å². The molecule has 0 spiro atoms. The van der Waals surface area contributed by atoms with Gasteiger partial charge in [-0.3, -0.25) is 0 Å². The van der Waals surface area contributed by atoms with Crippen molar-refractivity contribution in [3.05, 3.63) is 82.9 Å². The van der Waals surface area contributed by atoms with E-state index in [1.165, 1.54) is 12.1 Å². The minimum atomic E-state index is -0.576. The molecule has 0 aromatic heterocycles. The van der Waals surface area contributed by atoms with E-state index in [9.17, 15) is 8.78 Å². The first-order chi connectivity index (χ1) is 10.6. The molecule has 0 unspecified atom stereocenters. The second kappa shape index (κ2) is 8.13. The van der Waals surface area contributed by atoms with E-state index in [1.807, 2.05) is 13.0 Å². The van der Waals surface area contributed by atoms with E-state index in [2.05, 4.69) is 6.07 Å². The standard InChI is InChI=1S/C19H12ClF2.Rb/c1-12-5-10-15(18(22)11-12)13-6-8-14(9-7-13)16-3-2-4-17(21)19(16)20;/h2-3,5-11H,1H3;/q-1;+1. The van der Waals surface area contributed by atoms with Crippen LogP contribution >= 0.6 is 11.6 Å². The fraction of sp³-hybridized carbons (Fsp3) is 0.0526. The van der Waals surface area contributed by atoms with Crippen molar-refractivity contribution < 1.29 is 67.0 Å². The molecule has 0 radical (unpaired) electrons. The van der Waals surface area contributed by atoms with E-state index in [0.29, 0.717) is 11.1 Å². The van der Waals surface area contributed by atoms with Gasteiger partial charge in [-0.1, -0.05) is 36.4 Å². The van der Waals surface area contributed by atoms with Gasteiger partial charge >= 0.3 is 58.2 Å². The first-order valence-corrected chi connectivity index (χ1v) is 7.16. The normalized spacial score (nSPS) is 10.3. The molecule has 0 N–H and O–H groups in total. The van der Waals surface area contributed by atoms with Crippen LogP contribution < -0.4 is 58.2 Å². The molecule has 0 aliphatic rings. The third-order valence-corrected chi connectivity index (χ3v) is 3.89. The molecular formula is C19H12ClF2Rb. The van der Waals surface area contributed by atoms with Gasteiger partial charge in [-0.25, -0.2) is 8.78 Å². The Morgan fingerprint density at radius 3 is 2.09 bits per heavy atom. The molecule has 4 heteroatoms. The molecule has 0 aliphatic heterocycles. The predicted molar refractivity (Wildman–Crippen MR) is 85.8 cm³/mol. The zero-order valence-corrected chi connectivity index (χ0v) is 18.5. The fourth-order valence-corrected chi connectivity index (χ4v) is 2.59. The van der Waals surface area contributed by atoms with Gasteiger partial charge in [0.2, 0.25) is 0 Å². The molecular weight excluding hydrogens is 387 g/mol. The minimum absolute atomic E-state index is 0. The molecule has 0 atom stereocenters. The number of halogens is 3. The second-order valence-electron chi connectivity index (χ2n) is 5.08. The topological polar surface area (TPSA) is 0 Å². The van der Waals surface area contributed by atoms with Crippen LogP contribution in [-0.4, -0.2) is 0 Å². The van der Waals surface area contributed by atoms with Crippen molar-refractivity contribution in [1.29, 1.82) is 0 Å². The molecule has 0 heterocycles. The summed E-state index contributed by atoms with van der Waals surface area (Å²) in [5.74, 6) is -0.834. The van der Waals surface area contributed by atoms with Crippen LogP contribution in [0.2, 0.25) is 5.02 Å². The summed E-state index contributed by atoms with van der Waals surface area (Å²) in [4.78, 5) is 0. The molecule has 0 saturated heterocycles. The van der Waals surface area contributed by atoms with E-state index in [-0.39, 0.29) is 69.0 Å². The average molecular weight is 399 g/mol. The maximum atomic E-state index is 14.0. The first kappa shape index (κ1) is 18.9. The minimum Gasteiger partial charge on any atom is -0.235 e. The van der Waals surface area contributed by atoms with Crippen molar-refractivity contribution in [3.63, 3.8) is 0 Å². The van der Waals surface area contributed by atoms with Crippen LogP contribution in [0.5, 0.6) is 0 Å². The quantitative estimate of drug-likeness (QED) is 0.582. The van der Waals surface area contributed by atoms with Crippen LogP contribution in [0, 0.1) is 24.6 Å². The molecule has 0 amide bonds. The number of aryl methyl sites for hydroxylation is 1. The molecule has 110 valence electrons. The van der Waals surface area contributed by atoms with E-state index in [0.717, 1.165) is 16.7 Å². The molecule has 0 fully saturated rings. The average Bonchev–Trinajstić information content (AvgIpc) is 2.50. The van der Waals surface area contributed by atoms with Gasteiger partial charge in [-0.15, -0.1) is 11.6 Å². The second-order valence-corrected chi connectivity index (χ2v) is 5.46. The van der Waals surface area contributed by atoms with Gasteiger partial charge in [0.25, 0.3) is 0 Å². The van der Waals surface area contributed by atoms with E-state index in [4.69, 9.17) is 11.6 Å². The summed E-state index contributed by atoms with van der Waals surface area (Å²) < 4.78 is 27.5. The number of hydrogen-bond acceptors (Lipinski definition) is 0. The first-order valence-electron chi connectivity index (χ1n) is 6.79. The Bertz CT molecular complexity index is 829. The van der Waals surface area contributed by atoms with Crippen LogP contribution in [0.25, 0.3) is 22.3 Å². The van der Waals surface area contributed by atoms with Crippen molar-refractivity contribution >= 4 is 11.6 Å². The van der Waals surface area contributed by atoms with Crippen LogP contribution in [-0.2, 0) is 0 Å². The summed E-state index contributed by atoms with van der Waals surface area (Å²) in [6.07, 6.45) is 0. The van der Waals surface area contributed by atoms with Crippen molar-refractivity contribution in [2.75, 3.05) is 0 Å². The van der Waals surface area contributed by atoms with Gasteiger partial charge in [0.05, 0.1) is 0 Å². The van der Waals surface area contributed by atoms with Gasteiger partial charge in [0, 0.05) is 11.4 Å². The Balaban J connectivity index is 0.00000192. The maximum absolute atomic E-state index is 14.0. The molecule has 3 aromatic rings. The van der Waals surface area contributed by atoms with Gasteiger partial charge in [-0.2, -0.15) is 23.7 Å². The van der Waals surface area contributed by atoms with Crippen LogP contribution in [0.3, 0.4) is 0 Å². The predicted octanol–water partition coefficient (Wildman–Crippen LogP) is 3.06. The third kappa shape index (κ3) is 4.18. The zero-order chi connectivity index (χ0) is 15.7. The van der Waals surface area contributed by atoms with E-state index < -0.39 is 5.82 Å². The van der Waals surface area contributed by atoms with Gasteiger partial charge in [-0.05, 0) is 34.7 Å².